The van der Waals surface area contributed by atoms with Gasteiger partial charge in [-0.2, -0.15) is 5.10 Å². The number of unbranched alkanes of at least 4 members (excludes halogenated alkanes) is 2. The Kier molecular flexibility index (Phi) is 19.6. The summed E-state index contributed by atoms with van der Waals surface area (Å²) in [6.07, 6.45) is 6.44. The van der Waals surface area contributed by atoms with Crippen LogP contribution in [-0.4, -0.2) is 173 Å². The zero-order valence-corrected chi connectivity index (χ0v) is 55.7. The lowest BCUT2D eigenvalue weighted by molar-refractivity contribution is -0.248. The van der Waals surface area contributed by atoms with E-state index in [4.69, 9.17) is 29.0 Å². The lowest BCUT2D eigenvalue weighted by atomic mass is 9.39. The maximum atomic E-state index is 13.8. The van der Waals surface area contributed by atoms with E-state index in [1.807, 2.05) is 60.1 Å². The average Bonchev–Trinajstić information content (AvgIpc) is 0.907. The minimum Gasteiger partial charge on any atom is -0.493 e. The quantitative estimate of drug-likeness (QED) is 0.0197. The van der Waals surface area contributed by atoms with Gasteiger partial charge in [0.2, 0.25) is 5.91 Å². The van der Waals surface area contributed by atoms with Gasteiger partial charge in [-0.25, -0.2) is 24.4 Å². The number of amides is 6. The van der Waals surface area contributed by atoms with E-state index in [-0.39, 0.29) is 109 Å². The fourth-order valence-electron chi connectivity index (χ4n) is 16.7. The van der Waals surface area contributed by atoms with E-state index in [1.54, 1.807) is 30.3 Å². The van der Waals surface area contributed by atoms with E-state index >= 15 is 0 Å². The summed E-state index contributed by atoms with van der Waals surface area (Å²) >= 11 is 1.41. The summed E-state index contributed by atoms with van der Waals surface area (Å²) in [6.45, 7) is 8.66. The Morgan fingerprint density at radius 2 is 1.59 bits per heavy atom. The molecule has 5 aliphatic carbocycles. The van der Waals surface area contributed by atoms with E-state index in [0.29, 0.717) is 71.9 Å². The number of benzene rings is 3. The number of carboxylic acid groups (broad SMARTS) is 2. The minimum atomic E-state index is -1.78. The number of aliphatic hydroxyl groups is 3. The van der Waals surface area contributed by atoms with E-state index in [2.05, 4.69) is 29.5 Å². The molecule has 2 unspecified atom stereocenters. The molecule has 26 heteroatoms. The van der Waals surface area contributed by atoms with Gasteiger partial charge in [0.15, 0.2) is 10.8 Å². The van der Waals surface area contributed by atoms with Crippen molar-refractivity contribution in [1.29, 1.82) is 0 Å². The number of likely N-dealkylation sites (N-methyl/N-ethyl adjacent to an activating group) is 1. The van der Waals surface area contributed by atoms with Crippen molar-refractivity contribution in [2.24, 2.45) is 22.2 Å². The van der Waals surface area contributed by atoms with E-state index in [0.717, 1.165) is 78.5 Å². The summed E-state index contributed by atoms with van der Waals surface area (Å²) in [6, 6.07) is 21.5. The summed E-state index contributed by atoms with van der Waals surface area (Å²) < 4.78 is 28.0. The van der Waals surface area contributed by atoms with Gasteiger partial charge in [-0.15, -0.1) is 0 Å². The summed E-state index contributed by atoms with van der Waals surface area (Å²) in [5.41, 5.74) is 5.21. The first-order valence-corrected chi connectivity index (χ1v) is 34.1. The number of fused-ring (bicyclic) bond motifs is 2. The largest absolute Gasteiger partial charge is 0.493 e. The topological polar surface area (TPSA) is 335 Å². The van der Waals surface area contributed by atoms with Crippen molar-refractivity contribution in [3.05, 3.63) is 114 Å². The molecule has 6 amide bonds. The number of thiazole rings is 1. The number of carboxylic acids is 2. The summed E-state index contributed by atoms with van der Waals surface area (Å²) in [4.78, 5) is 103. The highest BCUT2D eigenvalue weighted by molar-refractivity contribution is 7.22. The van der Waals surface area contributed by atoms with Crippen LogP contribution in [0, 0.1) is 29.1 Å². The smallest absolute Gasteiger partial charge is 0.409 e. The third-order valence-electron chi connectivity index (χ3n) is 20.1. The number of para-hydroxylation sites is 1. The van der Waals surface area contributed by atoms with E-state index < -0.39 is 54.0 Å². The molecule has 6 aromatic rings. The number of imide groups is 1. The molecule has 5 saturated carbocycles. The second kappa shape index (κ2) is 28.0. The normalized spacial score (nSPS) is 25.5. The molecule has 5 fully saturated rings. The van der Waals surface area contributed by atoms with Gasteiger partial charge in [0.1, 0.15) is 36.4 Å². The van der Waals surface area contributed by atoms with Crippen LogP contribution in [0.15, 0.2) is 91.1 Å². The number of hydrogen-bond acceptors (Lipinski definition) is 18. The number of carbonyl (C=O) groups is 7. The van der Waals surface area contributed by atoms with E-state index in [9.17, 15) is 59.1 Å². The highest BCUT2D eigenvalue weighted by Gasteiger charge is 2.66. The van der Waals surface area contributed by atoms with Crippen LogP contribution in [0.3, 0.4) is 0 Å². The van der Waals surface area contributed by atoms with Crippen LogP contribution in [0.4, 0.5) is 20.4 Å². The molecule has 0 saturated heterocycles. The molecular formula is C71H83N9O16S. The Morgan fingerprint density at radius 3 is 2.34 bits per heavy atom. The van der Waals surface area contributed by atoms with Gasteiger partial charge >= 0.3 is 24.1 Å². The Hall–Kier alpha value is -8.82. The Morgan fingerprint density at radius 1 is 0.814 bits per heavy atom. The molecule has 13 rings (SSSR count). The molecule has 514 valence electrons. The molecule has 3 aromatic heterocycles. The van der Waals surface area contributed by atoms with Crippen LogP contribution in [0.5, 0.6) is 11.5 Å². The molecule has 4 bridgehead atoms. The van der Waals surface area contributed by atoms with Crippen molar-refractivity contribution in [2.75, 3.05) is 56.7 Å². The van der Waals surface area contributed by atoms with Gasteiger partial charge < -0.3 is 54.7 Å². The number of nitrogens with zero attached hydrogens (tertiary/aromatic N) is 7. The Balaban J connectivity index is 0.667. The molecule has 5 heterocycles. The number of ether oxygens (including phenoxy) is 4. The maximum Gasteiger partial charge on any atom is 0.409 e. The number of urea groups is 1. The zero-order chi connectivity index (χ0) is 68.6. The van der Waals surface area contributed by atoms with Crippen molar-refractivity contribution >= 4 is 74.2 Å². The molecule has 97 heavy (non-hydrogen) atoms. The molecule has 2 aliphatic heterocycles. The summed E-state index contributed by atoms with van der Waals surface area (Å²) in [7, 11) is 1.63. The number of pyridine rings is 1. The van der Waals surface area contributed by atoms with Crippen LogP contribution in [0.1, 0.15) is 125 Å². The predicted octanol–water partition coefficient (Wildman–Crippen LogP) is 8.92. The van der Waals surface area contributed by atoms with Crippen molar-refractivity contribution in [3.63, 3.8) is 0 Å². The van der Waals surface area contributed by atoms with Gasteiger partial charge in [0, 0.05) is 104 Å². The van der Waals surface area contributed by atoms with Gasteiger partial charge in [-0.05, 0) is 142 Å². The van der Waals surface area contributed by atoms with Crippen LogP contribution < -0.4 is 25.0 Å². The number of hydrogen-bond donors (Lipinski definition) is 7. The lowest BCUT2D eigenvalue weighted by Crippen LogP contribution is -2.64. The average molecular weight is 1350 g/mol. The Bertz CT molecular complexity index is 3990. The number of aryl methyl sites for hydroxylation is 1. The highest BCUT2D eigenvalue weighted by Crippen LogP contribution is 2.72. The highest BCUT2D eigenvalue weighted by atomic mass is 32.1. The number of aromatic carboxylic acids is 1. The predicted molar refractivity (Wildman–Crippen MR) is 357 cm³/mol. The van der Waals surface area contributed by atoms with Crippen molar-refractivity contribution < 1.29 is 78.0 Å². The first-order chi connectivity index (χ1) is 46.4. The van der Waals surface area contributed by atoms with Crippen LogP contribution in [0.2, 0.25) is 0 Å². The van der Waals surface area contributed by atoms with Gasteiger partial charge in [0.25, 0.3) is 11.8 Å². The van der Waals surface area contributed by atoms with Crippen molar-refractivity contribution in [2.45, 2.75) is 154 Å². The molecular weight excluding hydrogens is 1270 g/mol. The van der Waals surface area contributed by atoms with Crippen LogP contribution >= 0.6 is 11.3 Å². The number of aromatic nitrogens is 4. The first kappa shape index (κ1) is 68.1. The van der Waals surface area contributed by atoms with Gasteiger partial charge in [0.05, 0.1) is 52.9 Å². The van der Waals surface area contributed by atoms with Gasteiger partial charge in [-0.3, -0.25) is 39.0 Å². The minimum absolute atomic E-state index is 0.0291. The monoisotopic (exact) mass is 1350 g/mol. The summed E-state index contributed by atoms with van der Waals surface area (Å²) in [5.74, 6) is -4.40. The molecule has 7 atom stereocenters. The van der Waals surface area contributed by atoms with Crippen LogP contribution in [-0.2, 0) is 48.2 Å². The maximum absolute atomic E-state index is 13.8. The molecule has 7 N–H and O–H groups in total. The first-order valence-electron chi connectivity index (χ1n) is 33.2. The Labute approximate surface area is 564 Å². The van der Waals surface area contributed by atoms with Crippen LogP contribution in [0.25, 0.3) is 32.6 Å². The van der Waals surface area contributed by atoms with Gasteiger partial charge in [-0.1, -0.05) is 55.9 Å². The fourth-order valence-corrected chi connectivity index (χ4v) is 17.5. The SMILES string of the molecule is Cc1c(-c2ccc(-c3ccc4c(c3)N(C(=O)Nc3nc5ccccc5s3)CCC4)nc2C(=O)O)cnn1CC12CC3(C)CC(C)(C1)CC(OCCN(C)C(=O)OCc1ccc(O[C@@H]4C[C@H](C(=O)O)[C@@H](O)[C@H](O)[C@H]4O)cc1OCCCNC(=O)CCCCCN1C(=O)C=CC1=O)(C3)C2. The molecule has 25 nitrogen and oxygen atoms in total. The second-order valence-corrected chi connectivity index (χ2v) is 29.0. The lowest BCUT2D eigenvalue weighted by Gasteiger charge is -2.69. The third kappa shape index (κ3) is 14.9. The number of aliphatic carboxylic acids is 1. The number of aliphatic hydroxyl groups excluding tert-OH is 3. The number of nitrogens with one attached hydrogen (secondary N) is 2. The molecule has 0 spiro atoms. The van der Waals surface area contributed by atoms with E-state index in [1.165, 1.54) is 45.4 Å². The van der Waals surface area contributed by atoms with Crippen molar-refractivity contribution in [1.82, 2.24) is 34.9 Å². The second-order valence-electron chi connectivity index (χ2n) is 28.0. The number of rotatable bonds is 26. The third-order valence-corrected chi connectivity index (χ3v) is 21.0. The zero-order valence-electron chi connectivity index (χ0n) is 54.9. The molecule has 3 aromatic carbocycles. The summed E-state index contributed by atoms with van der Waals surface area (Å²) in [5, 5.41) is 63.4. The molecule has 7 aliphatic rings. The molecule has 0 radical (unpaired) electrons. The standard InChI is InChI=1S/C71H83N9O16S/c1-42-49(47-20-21-50(74-59(47)64(89)90)44-17-16-43-12-10-26-78(52(43)30-44)66(91)76-65-75-51-13-7-8-14-55(51)97-65)33-73-80(42)41-70-36-68(2)35-69(3,37-70)39-71(38-68,40-70)95-29-27-77(4)67(92)94-34-45-18-19-46(96-54-32-48(63(87)88)60(84)62(86)61(54)85)31-53(45)93-28-11-24-72-56(81)15-6-5-9-25-79-57(82)22-23-58(79)83/h7-8,13-14,16-23,30-31,33,48,54,60-62,84-86H,5-6,9-12,15,24-29,32,34-41H2,1-4H3,(H,72,81)(H,87,88)(H,89,90)(H,75,76,91)/t48-,54+,60+,61-,62-,68?,69?,70?,71?/m0/s1. The number of anilines is 2. The fraction of sp³-hybridized carbons (Fsp3) is 0.493. The van der Waals surface area contributed by atoms with Crippen molar-refractivity contribution in [3.8, 4) is 33.9 Å². The number of carbonyl (C=O) groups excluding carboxylic acids is 5.